The van der Waals surface area contributed by atoms with Crippen LogP contribution in [0.25, 0.3) is 0 Å². The highest BCUT2D eigenvalue weighted by molar-refractivity contribution is 5.39. The van der Waals surface area contributed by atoms with Gasteiger partial charge in [0.05, 0.1) is 39.5 Å². The topological polar surface area (TPSA) is 38.7 Å². The average Bonchev–Trinajstić information content (AvgIpc) is 2.81. The molecule has 2 bridgehead atoms. The van der Waals surface area contributed by atoms with Gasteiger partial charge in [-0.25, -0.2) is 0 Å². The van der Waals surface area contributed by atoms with Crippen molar-refractivity contribution in [3.8, 4) is 0 Å². The fourth-order valence-corrected chi connectivity index (χ4v) is 5.58. The maximum absolute atomic E-state index is 12.4. The summed E-state index contributed by atoms with van der Waals surface area (Å²) in [5.41, 5.74) is 1.00. The van der Waals surface area contributed by atoms with Crippen LogP contribution < -0.4 is 17.0 Å². The lowest BCUT2D eigenvalue weighted by molar-refractivity contribution is -0.946. The Morgan fingerprint density at radius 1 is 0.833 bits per heavy atom. The van der Waals surface area contributed by atoms with Crippen LogP contribution in [0.3, 0.4) is 0 Å². The van der Waals surface area contributed by atoms with Crippen LogP contribution in [0.4, 0.5) is 0 Å². The van der Waals surface area contributed by atoms with Gasteiger partial charge in [0.15, 0.2) is 0 Å². The number of fused-ring (bicyclic) bond motifs is 3. The summed E-state index contributed by atoms with van der Waals surface area (Å²) in [6.07, 6.45) is 3.14. The van der Waals surface area contributed by atoms with Gasteiger partial charge in [0.1, 0.15) is 12.1 Å². The summed E-state index contributed by atoms with van der Waals surface area (Å²) in [5.74, 6) is 0. The first-order valence-electron chi connectivity index (χ1n) is 10.9. The van der Waals surface area contributed by atoms with Gasteiger partial charge < -0.3 is 36.0 Å². The van der Waals surface area contributed by atoms with Crippen molar-refractivity contribution < 1.29 is 36.0 Å². The van der Waals surface area contributed by atoms with Crippen LogP contribution >= 0.6 is 0 Å². The third kappa shape index (κ3) is 4.23. The van der Waals surface area contributed by atoms with E-state index in [1.165, 1.54) is 0 Å². The van der Waals surface area contributed by atoms with E-state index in [2.05, 4.69) is 24.3 Å². The normalized spacial score (nSPS) is 25.7. The van der Waals surface area contributed by atoms with Crippen LogP contribution in [0, 0.1) is 5.41 Å². The van der Waals surface area contributed by atoms with Crippen LogP contribution in [0.5, 0.6) is 0 Å². The minimum absolute atomic E-state index is 0. The van der Waals surface area contributed by atoms with E-state index in [0.29, 0.717) is 13.2 Å². The van der Waals surface area contributed by atoms with Gasteiger partial charge in [-0.1, -0.05) is 60.7 Å². The molecule has 0 radical (unpaired) electrons. The second kappa shape index (κ2) is 9.92. The zero-order valence-corrected chi connectivity index (χ0v) is 19.5. The summed E-state index contributed by atoms with van der Waals surface area (Å²) in [5, 5.41) is 12.4. The lowest BCUT2D eigenvalue weighted by atomic mass is 9.56. The lowest BCUT2D eigenvalue weighted by Gasteiger charge is -2.60. The molecule has 3 heterocycles. The van der Waals surface area contributed by atoms with Gasteiger partial charge in [-0.2, -0.15) is 0 Å². The number of halogens is 1. The Bertz CT molecular complexity index is 719. The third-order valence-corrected chi connectivity index (χ3v) is 7.49. The van der Waals surface area contributed by atoms with Gasteiger partial charge in [-0.05, 0) is 11.1 Å². The smallest absolute Gasteiger partial charge is 0.121 e. The first-order valence-corrected chi connectivity index (χ1v) is 10.9. The Hall–Kier alpha value is -1.24. The second-order valence-corrected chi connectivity index (χ2v) is 8.81. The SMILES string of the molecule is COCCOCC[N+]12CCC(C(O)(c3ccccc3)c3ccccc3)(CC1)CC2.[Br-]. The van der Waals surface area contributed by atoms with Crippen molar-refractivity contribution in [2.45, 2.75) is 24.9 Å². The maximum atomic E-state index is 12.4. The van der Waals surface area contributed by atoms with Crippen molar-refractivity contribution in [2.24, 2.45) is 5.41 Å². The number of methoxy groups -OCH3 is 1. The van der Waals surface area contributed by atoms with E-state index >= 15 is 0 Å². The highest BCUT2D eigenvalue weighted by Gasteiger charge is 2.60. The van der Waals surface area contributed by atoms with E-state index in [1.54, 1.807) is 7.11 Å². The first-order chi connectivity index (χ1) is 14.1. The van der Waals surface area contributed by atoms with Gasteiger partial charge in [0, 0.05) is 31.8 Å². The van der Waals surface area contributed by atoms with E-state index in [4.69, 9.17) is 9.47 Å². The molecule has 30 heavy (non-hydrogen) atoms. The third-order valence-electron chi connectivity index (χ3n) is 7.49. The largest absolute Gasteiger partial charge is 1.00 e. The minimum Gasteiger partial charge on any atom is -1.00 e. The highest BCUT2D eigenvalue weighted by Crippen LogP contribution is 2.57. The van der Waals surface area contributed by atoms with Crippen molar-refractivity contribution in [1.29, 1.82) is 0 Å². The maximum Gasteiger partial charge on any atom is 0.121 e. The summed E-state index contributed by atoms with van der Waals surface area (Å²) in [6.45, 7) is 6.54. The molecule has 0 unspecified atom stereocenters. The summed E-state index contributed by atoms with van der Waals surface area (Å²) < 4.78 is 12.0. The van der Waals surface area contributed by atoms with Crippen molar-refractivity contribution in [1.82, 2.24) is 0 Å². The number of aliphatic hydroxyl groups is 1. The molecule has 3 fully saturated rings. The molecular formula is C25H34BrNO3. The Morgan fingerprint density at radius 3 is 1.80 bits per heavy atom. The predicted octanol–water partition coefficient (Wildman–Crippen LogP) is 0.590. The quantitative estimate of drug-likeness (QED) is 0.426. The molecule has 2 aromatic rings. The number of piperidine rings is 3. The van der Waals surface area contributed by atoms with Gasteiger partial charge in [-0.3, -0.25) is 0 Å². The summed E-state index contributed by atoms with van der Waals surface area (Å²) in [7, 11) is 1.71. The van der Waals surface area contributed by atoms with Crippen molar-refractivity contribution in [3.63, 3.8) is 0 Å². The van der Waals surface area contributed by atoms with E-state index in [-0.39, 0.29) is 22.4 Å². The van der Waals surface area contributed by atoms with Gasteiger partial charge in [-0.15, -0.1) is 0 Å². The van der Waals surface area contributed by atoms with Crippen molar-refractivity contribution >= 4 is 0 Å². The molecule has 3 aliphatic heterocycles. The molecule has 0 saturated carbocycles. The number of nitrogens with zero attached hydrogens (tertiary/aromatic N) is 1. The monoisotopic (exact) mass is 475 g/mol. The van der Waals surface area contributed by atoms with Crippen LogP contribution in [-0.2, 0) is 15.1 Å². The second-order valence-electron chi connectivity index (χ2n) is 8.81. The molecular weight excluding hydrogens is 442 g/mol. The molecule has 0 aliphatic carbocycles. The zero-order chi connectivity index (χ0) is 20.2. The fourth-order valence-electron chi connectivity index (χ4n) is 5.58. The number of ether oxygens (including phenoxy) is 2. The predicted molar refractivity (Wildman–Crippen MR) is 115 cm³/mol. The summed E-state index contributed by atoms with van der Waals surface area (Å²) >= 11 is 0. The lowest BCUT2D eigenvalue weighted by Crippen LogP contribution is -3.00. The molecule has 4 nitrogen and oxygen atoms in total. The Morgan fingerprint density at radius 2 is 1.33 bits per heavy atom. The molecule has 5 heteroatoms. The number of rotatable bonds is 9. The van der Waals surface area contributed by atoms with Crippen LogP contribution in [0.15, 0.2) is 60.7 Å². The molecule has 0 amide bonds. The standard InChI is InChI=1S/C25H34NO3.BrH/c1-28-20-21-29-19-18-26-15-12-24(13-16-26,14-17-26)25(27,22-8-4-2-5-9-22)23-10-6-3-7-11-23;/h2-11,27H,12-21H2,1H3;1H/q+1;/p-1. The Balaban J connectivity index is 0.00000256. The Labute approximate surface area is 191 Å². The van der Waals surface area contributed by atoms with Gasteiger partial charge >= 0.3 is 0 Å². The number of hydrogen-bond donors (Lipinski definition) is 1. The molecule has 1 N–H and O–H groups in total. The van der Waals surface area contributed by atoms with E-state index in [0.717, 1.165) is 67.7 Å². The number of benzene rings is 2. The average molecular weight is 476 g/mol. The molecule has 0 atom stereocenters. The molecule has 3 aliphatic rings. The highest BCUT2D eigenvalue weighted by atomic mass is 79.9. The molecule has 164 valence electrons. The van der Waals surface area contributed by atoms with Crippen LogP contribution in [0.2, 0.25) is 0 Å². The summed E-state index contributed by atoms with van der Waals surface area (Å²) in [6, 6.07) is 20.6. The number of quaternary nitrogens is 1. The molecule has 3 saturated heterocycles. The van der Waals surface area contributed by atoms with Gasteiger partial charge in [0.2, 0.25) is 0 Å². The first kappa shape index (κ1) is 23.4. The molecule has 2 aromatic carbocycles. The Kier molecular flexibility index (Phi) is 7.75. The van der Waals surface area contributed by atoms with E-state index in [9.17, 15) is 5.11 Å². The minimum atomic E-state index is -0.943. The zero-order valence-electron chi connectivity index (χ0n) is 17.9. The van der Waals surface area contributed by atoms with Gasteiger partial charge in [0.25, 0.3) is 0 Å². The number of hydrogen-bond acceptors (Lipinski definition) is 3. The van der Waals surface area contributed by atoms with Crippen LogP contribution in [0.1, 0.15) is 30.4 Å². The molecule has 0 spiro atoms. The van der Waals surface area contributed by atoms with Crippen LogP contribution in [-0.4, -0.2) is 62.7 Å². The molecule has 5 rings (SSSR count). The van der Waals surface area contributed by atoms with E-state index in [1.807, 2.05) is 36.4 Å². The van der Waals surface area contributed by atoms with Crippen molar-refractivity contribution in [2.75, 3.05) is 53.1 Å². The fraction of sp³-hybridized carbons (Fsp3) is 0.520. The molecule has 0 aromatic heterocycles. The van der Waals surface area contributed by atoms with E-state index < -0.39 is 5.60 Å². The summed E-state index contributed by atoms with van der Waals surface area (Å²) in [4.78, 5) is 0. The van der Waals surface area contributed by atoms with Crippen molar-refractivity contribution in [3.05, 3.63) is 71.8 Å².